The van der Waals surface area contributed by atoms with Crippen LogP contribution in [-0.2, 0) is 5.88 Å². The molecule has 2 aliphatic rings. The van der Waals surface area contributed by atoms with Crippen molar-refractivity contribution in [3.8, 4) is 0 Å². The largest absolute Gasteiger partial charge is 0.432 e. The van der Waals surface area contributed by atoms with Crippen molar-refractivity contribution in [2.24, 2.45) is 5.41 Å². The topological polar surface area (TPSA) is 29.3 Å². The molecule has 18 heavy (non-hydrogen) atoms. The van der Waals surface area contributed by atoms with E-state index in [-0.39, 0.29) is 0 Å². The lowest BCUT2D eigenvalue weighted by molar-refractivity contribution is 0.142. The number of hydrogen-bond acceptors (Lipinski definition) is 3. The van der Waals surface area contributed by atoms with Crippen molar-refractivity contribution >= 4 is 17.6 Å². The van der Waals surface area contributed by atoms with E-state index in [4.69, 9.17) is 16.0 Å². The molecule has 0 aromatic carbocycles. The first-order valence-electron chi connectivity index (χ1n) is 7.07. The Labute approximate surface area is 114 Å². The molecule has 1 aliphatic carbocycles. The molecule has 0 radical (unpaired) electrons. The van der Waals surface area contributed by atoms with Crippen molar-refractivity contribution in [3.05, 3.63) is 12.0 Å². The minimum atomic E-state index is 0.432. The van der Waals surface area contributed by atoms with Crippen molar-refractivity contribution in [2.75, 3.05) is 18.0 Å². The number of alkyl halides is 1. The third-order valence-corrected chi connectivity index (χ3v) is 4.96. The molecule has 2 heterocycles. The van der Waals surface area contributed by atoms with Gasteiger partial charge in [0.25, 0.3) is 6.01 Å². The van der Waals surface area contributed by atoms with Gasteiger partial charge in [0.2, 0.25) is 0 Å². The molecule has 0 bridgehead atoms. The van der Waals surface area contributed by atoms with Crippen LogP contribution in [0.1, 0.15) is 50.6 Å². The number of piperidine rings is 1. The van der Waals surface area contributed by atoms with Gasteiger partial charge in [-0.05, 0) is 31.1 Å². The van der Waals surface area contributed by atoms with E-state index in [0.29, 0.717) is 11.3 Å². The summed E-state index contributed by atoms with van der Waals surface area (Å²) in [5.74, 6) is 0.432. The maximum atomic E-state index is 5.75. The van der Waals surface area contributed by atoms with Crippen LogP contribution < -0.4 is 4.90 Å². The zero-order valence-corrected chi connectivity index (χ0v) is 11.6. The molecule has 1 aromatic heterocycles. The summed E-state index contributed by atoms with van der Waals surface area (Å²) in [6.07, 6.45) is 11.4. The van der Waals surface area contributed by atoms with Crippen molar-refractivity contribution in [1.82, 2.24) is 4.98 Å². The first-order valence-corrected chi connectivity index (χ1v) is 7.60. The number of hydrogen-bond donors (Lipinski definition) is 0. The summed E-state index contributed by atoms with van der Waals surface area (Å²) in [7, 11) is 0. The zero-order valence-electron chi connectivity index (χ0n) is 10.8. The van der Waals surface area contributed by atoms with E-state index >= 15 is 0 Å². The number of anilines is 1. The van der Waals surface area contributed by atoms with Crippen molar-refractivity contribution in [3.63, 3.8) is 0 Å². The van der Waals surface area contributed by atoms with Gasteiger partial charge in [0.15, 0.2) is 0 Å². The average Bonchev–Trinajstić information content (AvgIpc) is 2.89. The van der Waals surface area contributed by atoms with Crippen LogP contribution in [0.15, 0.2) is 10.7 Å². The summed E-state index contributed by atoms with van der Waals surface area (Å²) in [5.41, 5.74) is 1.47. The van der Waals surface area contributed by atoms with E-state index in [1.165, 1.54) is 44.9 Å². The Kier molecular flexibility index (Phi) is 3.51. The molecule has 0 unspecified atom stereocenters. The van der Waals surface area contributed by atoms with Gasteiger partial charge < -0.3 is 9.32 Å². The second kappa shape index (κ2) is 5.12. The summed E-state index contributed by atoms with van der Waals surface area (Å²) in [6.45, 7) is 2.17. The first-order chi connectivity index (χ1) is 8.81. The highest BCUT2D eigenvalue weighted by atomic mass is 35.5. The maximum Gasteiger partial charge on any atom is 0.297 e. The van der Waals surface area contributed by atoms with Crippen molar-refractivity contribution < 1.29 is 4.42 Å². The molecule has 3 nitrogen and oxygen atoms in total. The van der Waals surface area contributed by atoms with Gasteiger partial charge in [0.05, 0.1) is 11.6 Å². The van der Waals surface area contributed by atoms with E-state index in [9.17, 15) is 0 Å². The Hall–Kier alpha value is -0.700. The second-order valence-electron chi connectivity index (χ2n) is 5.80. The average molecular weight is 269 g/mol. The van der Waals surface area contributed by atoms with Crippen LogP contribution in [0.4, 0.5) is 6.01 Å². The van der Waals surface area contributed by atoms with E-state index in [1.54, 1.807) is 6.26 Å². The summed E-state index contributed by atoms with van der Waals surface area (Å²) in [5, 5.41) is 0. The summed E-state index contributed by atoms with van der Waals surface area (Å²) >= 11 is 5.75. The molecule has 0 amide bonds. The lowest BCUT2D eigenvalue weighted by atomic mass is 9.68. The van der Waals surface area contributed by atoms with Gasteiger partial charge in [0.1, 0.15) is 6.26 Å². The van der Waals surface area contributed by atoms with E-state index in [2.05, 4.69) is 9.88 Å². The SMILES string of the molecule is ClCc1coc(N2CCC3(CCCCC3)CC2)n1. The molecule has 1 aliphatic heterocycles. The van der Waals surface area contributed by atoms with Crippen LogP contribution in [0.2, 0.25) is 0 Å². The monoisotopic (exact) mass is 268 g/mol. The number of rotatable bonds is 2. The molecule has 1 saturated heterocycles. The number of nitrogens with zero attached hydrogens (tertiary/aromatic N) is 2. The molecule has 2 fully saturated rings. The maximum absolute atomic E-state index is 5.75. The number of halogens is 1. The minimum Gasteiger partial charge on any atom is -0.432 e. The van der Waals surface area contributed by atoms with Gasteiger partial charge in [-0.3, -0.25) is 0 Å². The predicted octanol–water partition coefficient (Wildman–Crippen LogP) is 3.96. The third kappa shape index (κ3) is 2.37. The molecule has 1 spiro atoms. The van der Waals surface area contributed by atoms with Crippen LogP contribution in [0.5, 0.6) is 0 Å². The van der Waals surface area contributed by atoms with Crippen LogP contribution in [-0.4, -0.2) is 18.1 Å². The Morgan fingerprint density at radius 1 is 1.17 bits per heavy atom. The fourth-order valence-corrected chi connectivity index (χ4v) is 3.60. The fourth-order valence-electron chi connectivity index (χ4n) is 3.48. The van der Waals surface area contributed by atoms with Gasteiger partial charge in [-0.15, -0.1) is 11.6 Å². The second-order valence-corrected chi connectivity index (χ2v) is 6.07. The predicted molar refractivity (Wildman–Crippen MR) is 73.0 cm³/mol. The van der Waals surface area contributed by atoms with Gasteiger partial charge in [-0.2, -0.15) is 4.98 Å². The van der Waals surface area contributed by atoms with E-state index in [0.717, 1.165) is 24.8 Å². The quantitative estimate of drug-likeness (QED) is 0.760. The summed E-state index contributed by atoms with van der Waals surface area (Å²) in [6, 6.07) is 0.760. The molecule has 100 valence electrons. The first kappa shape index (κ1) is 12.3. The molecular weight excluding hydrogens is 248 g/mol. The summed E-state index contributed by atoms with van der Waals surface area (Å²) < 4.78 is 5.50. The molecule has 1 saturated carbocycles. The smallest absolute Gasteiger partial charge is 0.297 e. The lowest BCUT2D eigenvalue weighted by Gasteiger charge is -2.43. The molecule has 0 N–H and O–H groups in total. The van der Waals surface area contributed by atoms with Crippen LogP contribution in [0, 0.1) is 5.41 Å². The number of oxazole rings is 1. The molecule has 1 aromatic rings. The molecular formula is C14H21ClN2O. The Balaban J connectivity index is 1.62. The molecule has 4 heteroatoms. The standard InChI is InChI=1S/C14H21ClN2O/c15-10-12-11-18-13(16-12)17-8-6-14(7-9-17)4-2-1-3-5-14/h11H,1-10H2. The van der Waals surface area contributed by atoms with Crippen LogP contribution in [0.3, 0.4) is 0 Å². The number of aromatic nitrogens is 1. The zero-order chi connectivity index (χ0) is 12.4. The highest BCUT2D eigenvalue weighted by Gasteiger charge is 2.36. The van der Waals surface area contributed by atoms with Gasteiger partial charge >= 0.3 is 0 Å². The fraction of sp³-hybridized carbons (Fsp3) is 0.786. The van der Waals surface area contributed by atoms with Gasteiger partial charge in [0, 0.05) is 13.1 Å². The Morgan fingerprint density at radius 3 is 2.50 bits per heavy atom. The van der Waals surface area contributed by atoms with Crippen molar-refractivity contribution in [2.45, 2.75) is 50.8 Å². The normalized spacial score (nSPS) is 23.5. The van der Waals surface area contributed by atoms with E-state index < -0.39 is 0 Å². The van der Waals surface area contributed by atoms with Gasteiger partial charge in [-0.25, -0.2) is 0 Å². The molecule has 3 rings (SSSR count). The summed E-state index contributed by atoms with van der Waals surface area (Å²) in [4.78, 5) is 6.69. The minimum absolute atomic E-state index is 0.432. The lowest BCUT2D eigenvalue weighted by Crippen LogP contribution is -2.41. The van der Waals surface area contributed by atoms with Crippen molar-refractivity contribution in [1.29, 1.82) is 0 Å². The van der Waals surface area contributed by atoms with E-state index in [1.807, 2.05) is 0 Å². The van der Waals surface area contributed by atoms with Gasteiger partial charge in [-0.1, -0.05) is 19.3 Å². The third-order valence-electron chi connectivity index (χ3n) is 4.69. The highest BCUT2D eigenvalue weighted by Crippen LogP contribution is 2.44. The van der Waals surface area contributed by atoms with Crippen LogP contribution in [0.25, 0.3) is 0 Å². The van der Waals surface area contributed by atoms with Crippen LogP contribution >= 0.6 is 11.6 Å². The Bertz CT molecular complexity index is 388. The molecule has 0 atom stereocenters. The Morgan fingerprint density at radius 2 is 1.89 bits per heavy atom. The highest BCUT2D eigenvalue weighted by molar-refractivity contribution is 6.16.